The minimum atomic E-state index is -3.61. The van der Waals surface area contributed by atoms with Crippen molar-refractivity contribution in [2.45, 2.75) is 26.1 Å². The van der Waals surface area contributed by atoms with Crippen LogP contribution in [-0.4, -0.2) is 79.3 Å². The number of hydrogen-bond donors (Lipinski definition) is 0. The van der Waals surface area contributed by atoms with Crippen LogP contribution in [0.5, 0.6) is 0 Å². The van der Waals surface area contributed by atoms with Gasteiger partial charge >= 0.3 is 0 Å². The molecule has 10 heteroatoms. The number of nitrogens with zero attached hydrogens (tertiary/aromatic N) is 3. The van der Waals surface area contributed by atoms with Crippen LogP contribution < -0.4 is 0 Å². The van der Waals surface area contributed by atoms with E-state index in [1.807, 2.05) is 13.8 Å². The number of hydrogen-bond acceptors (Lipinski definition) is 4. The highest BCUT2D eigenvalue weighted by Crippen LogP contribution is 2.22. The highest BCUT2D eigenvalue weighted by molar-refractivity contribution is 7.86. The van der Waals surface area contributed by atoms with Gasteiger partial charge in [-0.15, -0.1) is 0 Å². The van der Waals surface area contributed by atoms with E-state index in [0.29, 0.717) is 13.1 Å². The molecule has 27 heavy (non-hydrogen) atoms. The first-order chi connectivity index (χ1) is 12.7. The Labute approximate surface area is 163 Å². The lowest BCUT2D eigenvalue weighted by Crippen LogP contribution is -2.57. The largest absolute Gasteiger partial charge is 0.373 e. The molecule has 0 aliphatic carbocycles. The van der Waals surface area contributed by atoms with Crippen molar-refractivity contribution in [3.05, 3.63) is 34.6 Å². The summed E-state index contributed by atoms with van der Waals surface area (Å²) in [7, 11) is -3.61. The van der Waals surface area contributed by atoms with Crippen LogP contribution in [-0.2, 0) is 14.9 Å². The molecule has 2 aliphatic heterocycles. The smallest absolute Gasteiger partial charge is 0.282 e. The van der Waals surface area contributed by atoms with Crippen LogP contribution in [0.25, 0.3) is 0 Å². The Morgan fingerprint density at radius 1 is 1.11 bits per heavy atom. The van der Waals surface area contributed by atoms with Crippen LogP contribution in [0.4, 0.5) is 4.39 Å². The van der Waals surface area contributed by atoms with E-state index in [0.717, 1.165) is 6.07 Å². The van der Waals surface area contributed by atoms with Crippen molar-refractivity contribution < 1.29 is 22.3 Å². The van der Waals surface area contributed by atoms with Crippen LogP contribution in [0.15, 0.2) is 18.2 Å². The summed E-state index contributed by atoms with van der Waals surface area (Å²) < 4.78 is 47.4. The van der Waals surface area contributed by atoms with Crippen molar-refractivity contribution >= 4 is 27.7 Å². The molecule has 1 amide bonds. The average Bonchev–Trinajstić information content (AvgIpc) is 2.60. The zero-order valence-corrected chi connectivity index (χ0v) is 16.8. The first-order valence-corrected chi connectivity index (χ1v) is 10.6. The van der Waals surface area contributed by atoms with Crippen LogP contribution in [0.3, 0.4) is 0 Å². The zero-order valence-electron chi connectivity index (χ0n) is 15.3. The van der Waals surface area contributed by atoms with E-state index < -0.39 is 16.0 Å². The van der Waals surface area contributed by atoms with Gasteiger partial charge in [0.2, 0.25) is 0 Å². The third-order valence-corrected chi connectivity index (χ3v) is 7.01. The molecule has 2 unspecified atom stereocenters. The topological polar surface area (TPSA) is 70.2 Å². The summed E-state index contributed by atoms with van der Waals surface area (Å²) in [5.41, 5.74) is 0.213. The molecule has 7 nitrogen and oxygen atoms in total. The van der Waals surface area contributed by atoms with Gasteiger partial charge in [-0.25, -0.2) is 4.39 Å². The molecule has 2 aliphatic rings. The van der Waals surface area contributed by atoms with Gasteiger partial charge in [0.1, 0.15) is 5.82 Å². The predicted octanol–water partition coefficient (Wildman–Crippen LogP) is 1.59. The van der Waals surface area contributed by atoms with Crippen LogP contribution in [0.2, 0.25) is 5.02 Å². The number of benzene rings is 1. The third-order valence-electron chi connectivity index (χ3n) is 4.73. The van der Waals surface area contributed by atoms with Crippen molar-refractivity contribution in [1.29, 1.82) is 0 Å². The second-order valence-corrected chi connectivity index (χ2v) is 9.23. The van der Waals surface area contributed by atoms with E-state index in [9.17, 15) is 17.6 Å². The fourth-order valence-corrected chi connectivity index (χ4v) is 5.43. The molecule has 3 rings (SSSR count). The van der Waals surface area contributed by atoms with Gasteiger partial charge in [0.05, 0.1) is 22.8 Å². The van der Waals surface area contributed by atoms with E-state index in [-0.39, 0.29) is 54.9 Å². The summed E-state index contributed by atoms with van der Waals surface area (Å²) in [5, 5.41) is 0.0475. The number of amides is 1. The molecule has 1 aromatic carbocycles. The fourth-order valence-electron chi connectivity index (χ4n) is 3.44. The average molecular weight is 420 g/mol. The minimum absolute atomic E-state index is 0.0475. The first kappa shape index (κ1) is 20.5. The Balaban J connectivity index is 1.65. The fraction of sp³-hybridized carbons (Fsp3) is 0.588. The molecule has 0 N–H and O–H groups in total. The number of piperazine rings is 1. The normalized spacial score (nSPS) is 25.6. The van der Waals surface area contributed by atoms with Crippen LogP contribution in [0.1, 0.15) is 24.2 Å². The van der Waals surface area contributed by atoms with E-state index in [2.05, 4.69) is 0 Å². The zero-order chi connectivity index (χ0) is 19.8. The first-order valence-electron chi connectivity index (χ1n) is 8.83. The molecule has 2 atom stereocenters. The maximum Gasteiger partial charge on any atom is 0.282 e. The number of rotatable bonds is 3. The molecule has 0 saturated carbocycles. The number of carbonyl (C=O) groups is 1. The Hall–Kier alpha value is -1.26. The maximum atomic E-state index is 13.2. The van der Waals surface area contributed by atoms with Crippen molar-refractivity contribution in [3.8, 4) is 0 Å². The summed E-state index contributed by atoms with van der Waals surface area (Å²) in [5.74, 6) is -0.841. The molecule has 0 spiro atoms. The lowest BCUT2D eigenvalue weighted by Gasteiger charge is -2.40. The molecule has 2 saturated heterocycles. The van der Waals surface area contributed by atoms with Gasteiger partial charge in [0.15, 0.2) is 0 Å². The van der Waals surface area contributed by atoms with Gasteiger partial charge in [-0.05, 0) is 32.0 Å². The molecule has 0 aromatic heterocycles. The Kier molecular flexibility index (Phi) is 6.07. The summed E-state index contributed by atoms with van der Waals surface area (Å²) in [6.45, 7) is 5.24. The second-order valence-electron chi connectivity index (χ2n) is 6.90. The highest BCUT2D eigenvalue weighted by Gasteiger charge is 2.37. The molecule has 2 heterocycles. The minimum Gasteiger partial charge on any atom is -0.373 e. The van der Waals surface area contributed by atoms with Gasteiger partial charge in [-0.1, -0.05) is 11.6 Å². The quantitative estimate of drug-likeness (QED) is 0.746. The number of carbonyl (C=O) groups excluding carboxylic acids is 1. The van der Waals surface area contributed by atoms with Crippen LogP contribution in [0, 0.1) is 5.82 Å². The van der Waals surface area contributed by atoms with Gasteiger partial charge in [-0.3, -0.25) is 4.79 Å². The van der Waals surface area contributed by atoms with Crippen LogP contribution >= 0.6 is 11.6 Å². The Morgan fingerprint density at radius 3 is 2.26 bits per heavy atom. The molecule has 2 fully saturated rings. The second kappa shape index (κ2) is 8.00. The predicted molar refractivity (Wildman–Crippen MR) is 99.4 cm³/mol. The van der Waals surface area contributed by atoms with Crippen molar-refractivity contribution in [1.82, 2.24) is 13.5 Å². The van der Waals surface area contributed by atoms with E-state index in [1.54, 1.807) is 0 Å². The molecule has 0 radical (unpaired) electrons. The standard InChI is InChI=1S/C17H23ClFN3O4S/c1-12-10-22(11-13(2)26-12)27(24,25)21-7-5-20(6-8-21)17(23)15-4-3-14(19)9-16(15)18/h3-4,9,12-13H,5-8,10-11H2,1-2H3. The van der Waals surface area contributed by atoms with Gasteiger partial charge in [0, 0.05) is 39.3 Å². The third kappa shape index (κ3) is 4.43. The SMILES string of the molecule is CC1CN(S(=O)(=O)N2CCN(C(=O)c3ccc(F)cc3Cl)CC2)CC(C)O1. The molecular weight excluding hydrogens is 397 g/mol. The number of halogens is 2. The van der Waals surface area contributed by atoms with Gasteiger partial charge in [0.25, 0.3) is 16.1 Å². The van der Waals surface area contributed by atoms with E-state index in [4.69, 9.17) is 16.3 Å². The Morgan fingerprint density at radius 2 is 1.70 bits per heavy atom. The summed E-state index contributed by atoms with van der Waals surface area (Å²) in [6, 6.07) is 3.62. The number of morpholine rings is 1. The maximum absolute atomic E-state index is 13.2. The molecular formula is C17H23ClFN3O4S. The van der Waals surface area contributed by atoms with Gasteiger partial charge < -0.3 is 9.64 Å². The highest BCUT2D eigenvalue weighted by atomic mass is 35.5. The van der Waals surface area contributed by atoms with Crippen molar-refractivity contribution in [2.75, 3.05) is 39.3 Å². The number of ether oxygens (including phenoxy) is 1. The summed E-state index contributed by atoms with van der Waals surface area (Å²) in [6.07, 6.45) is -0.320. The Bertz CT molecular complexity index is 804. The monoisotopic (exact) mass is 419 g/mol. The lowest BCUT2D eigenvalue weighted by molar-refractivity contribution is -0.0457. The lowest BCUT2D eigenvalue weighted by atomic mass is 10.2. The van der Waals surface area contributed by atoms with Crippen molar-refractivity contribution in [2.24, 2.45) is 0 Å². The van der Waals surface area contributed by atoms with Crippen molar-refractivity contribution in [3.63, 3.8) is 0 Å². The molecule has 0 bridgehead atoms. The molecule has 1 aromatic rings. The van der Waals surface area contributed by atoms with E-state index >= 15 is 0 Å². The summed E-state index contributed by atoms with van der Waals surface area (Å²) >= 11 is 5.96. The van der Waals surface area contributed by atoms with Gasteiger partial charge in [-0.2, -0.15) is 17.0 Å². The molecule has 150 valence electrons. The summed E-state index contributed by atoms with van der Waals surface area (Å²) in [4.78, 5) is 14.1. The van der Waals surface area contributed by atoms with E-state index in [1.165, 1.54) is 25.6 Å².